The maximum Gasteiger partial charge on any atom is 0.312 e. The lowest BCUT2D eigenvalue weighted by Crippen LogP contribution is -2.41. The van der Waals surface area contributed by atoms with Gasteiger partial charge in [-0.3, -0.25) is 10.5 Å². The number of anilines is 1. The van der Waals surface area contributed by atoms with Gasteiger partial charge in [0.25, 0.3) is 0 Å². The number of carbonyl (C=O) groups is 1. The van der Waals surface area contributed by atoms with Crippen molar-refractivity contribution in [2.45, 2.75) is 13.0 Å². The van der Waals surface area contributed by atoms with E-state index >= 15 is 0 Å². The van der Waals surface area contributed by atoms with E-state index in [0.29, 0.717) is 9.75 Å². The molecule has 0 bridgehead atoms. The van der Waals surface area contributed by atoms with Gasteiger partial charge in [0, 0.05) is 17.6 Å². The van der Waals surface area contributed by atoms with Crippen LogP contribution in [0.2, 0.25) is 10.0 Å². The number of nitrogens with one attached hydrogen (secondary N) is 1. The van der Waals surface area contributed by atoms with E-state index in [1.165, 1.54) is 18.5 Å². The number of nitrogens with zero attached hydrogens (tertiary/aromatic N) is 4. The van der Waals surface area contributed by atoms with Crippen molar-refractivity contribution in [1.82, 2.24) is 20.1 Å². The average Bonchev–Trinajstić information content (AvgIpc) is 3.15. The summed E-state index contributed by atoms with van der Waals surface area (Å²) in [6, 6.07) is 8.21. The third kappa shape index (κ3) is 3.87. The summed E-state index contributed by atoms with van der Waals surface area (Å²) >= 11 is 12.1. The third-order valence-electron chi connectivity index (χ3n) is 3.69. The van der Waals surface area contributed by atoms with Crippen LogP contribution >= 0.6 is 23.2 Å². The van der Waals surface area contributed by atoms with Crippen molar-refractivity contribution < 1.29 is 14.7 Å². The SMILES string of the molecule is Nc1ccc(Cl)c(CC(=O)NCc2cc(Cl)ccc2-n2cncn2)[n+]1O. The second-order valence-corrected chi connectivity index (χ2v) is 6.27. The van der Waals surface area contributed by atoms with Crippen LogP contribution in [-0.2, 0) is 17.8 Å². The van der Waals surface area contributed by atoms with E-state index in [-0.39, 0.29) is 35.4 Å². The molecule has 0 unspecified atom stereocenters. The molecule has 134 valence electrons. The highest BCUT2D eigenvalue weighted by Gasteiger charge is 2.18. The van der Waals surface area contributed by atoms with Gasteiger partial charge < -0.3 is 10.5 Å². The number of nitrogens with two attached hydrogens (primary N) is 1. The van der Waals surface area contributed by atoms with Crippen molar-refractivity contribution in [3.8, 4) is 5.69 Å². The van der Waals surface area contributed by atoms with Crippen LogP contribution in [0.5, 0.6) is 0 Å². The molecular weight excluding hydrogens is 379 g/mol. The van der Waals surface area contributed by atoms with Crippen molar-refractivity contribution in [2.24, 2.45) is 0 Å². The molecule has 2 aromatic heterocycles. The van der Waals surface area contributed by atoms with Crippen LogP contribution in [0.15, 0.2) is 43.0 Å². The van der Waals surface area contributed by atoms with Crippen LogP contribution in [0.3, 0.4) is 0 Å². The lowest BCUT2D eigenvalue weighted by molar-refractivity contribution is -0.897. The minimum Gasteiger partial charge on any atom is -0.352 e. The summed E-state index contributed by atoms with van der Waals surface area (Å²) in [6.45, 7) is 0.208. The molecule has 3 aromatic rings. The second kappa shape index (κ2) is 7.59. The number of benzene rings is 1. The smallest absolute Gasteiger partial charge is 0.312 e. The molecule has 1 aromatic carbocycles. The van der Waals surface area contributed by atoms with Gasteiger partial charge in [0.05, 0.1) is 17.1 Å². The minimum absolute atomic E-state index is 0.0838. The zero-order valence-corrected chi connectivity index (χ0v) is 14.9. The van der Waals surface area contributed by atoms with Gasteiger partial charge in [-0.15, -0.1) is 0 Å². The topological polar surface area (TPSA) is 110 Å². The molecule has 0 fully saturated rings. The van der Waals surface area contributed by atoms with Crippen LogP contribution < -0.4 is 15.8 Å². The maximum absolute atomic E-state index is 12.3. The Bertz CT molecular complexity index is 946. The number of pyridine rings is 1. The number of rotatable bonds is 5. The lowest BCUT2D eigenvalue weighted by atomic mass is 10.1. The molecule has 26 heavy (non-hydrogen) atoms. The number of hydrogen-bond donors (Lipinski definition) is 3. The van der Waals surface area contributed by atoms with E-state index in [0.717, 1.165) is 11.3 Å². The fourth-order valence-electron chi connectivity index (χ4n) is 2.40. The quantitative estimate of drug-likeness (QED) is 0.449. The fourth-order valence-corrected chi connectivity index (χ4v) is 2.81. The molecule has 0 atom stereocenters. The van der Waals surface area contributed by atoms with Crippen LogP contribution in [0, 0.1) is 0 Å². The zero-order chi connectivity index (χ0) is 18.7. The number of amides is 1. The molecule has 0 saturated heterocycles. The molecule has 8 nitrogen and oxygen atoms in total. The maximum atomic E-state index is 12.3. The number of halogens is 2. The summed E-state index contributed by atoms with van der Waals surface area (Å²) < 4.78 is 2.27. The van der Waals surface area contributed by atoms with E-state index in [9.17, 15) is 10.0 Å². The largest absolute Gasteiger partial charge is 0.352 e. The molecule has 10 heteroatoms. The number of carbonyl (C=O) groups excluding carboxylic acids is 1. The molecule has 0 aliphatic carbocycles. The fraction of sp³-hybridized carbons (Fsp3) is 0.125. The van der Waals surface area contributed by atoms with Crippen LogP contribution in [-0.4, -0.2) is 25.9 Å². The Morgan fingerprint density at radius 3 is 2.85 bits per heavy atom. The van der Waals surface area contributed by atoms with E-state index in [1.54, 1.807) is 29.2 Å². The number of nitrogen functional groups attached to an aromatic ring is 1. The molecule has 0 radical (unpaired) electrons. The molecule has 2 heterocycles. The Morgan fingerprint density at radius 1 is 1.31 bits per heavy atom. The van der Waals surface area contributed by atoms with Crippen molar-refractivity contribution >= 4 is 34.9 Å². The van der Waals surface area contributed by atoms with E-state index in [2.05, 4.69) is 15.4 Å². The van der Waals surface area contributed by atoms with Gasteiger partial charge in [0.2, 0.25) is 5.91 Å². The number of aromatic nitrogens is 4. The molecule has 3 rings (SSSR count). The second-order valence-electron chi connectivity index (χ2n) is 5.43. The van der Waals surface area contributed by atoms with Gasteiger partial charge in [-0.2, -0.15) is 5.10 Å². The van der Waals surface area contributed by atoms with Crippen molar-refractivity contribution in [3.05, 3.63) is 64.3 Å². The average molecular weight is 394 g/mol. The van der Waals surface area contributed by atoms with Crippen LogP contribution in [0.1, 0.15) is 11.3 Å². The molecule has 0 saturated carbocycles. The first-order valence-electron chi connectivity index (χ1n) is 7.54. The number of hydrogen-bond acceptors (Lipinski definition) is 5. The molecule has 4 N–H and O–H groups in total. The molecule has 0 aliphatic rings. The van der Waals surface area contributed by atoms with Gasteiger partial charge in [-0.05, 0) is 34.6 Å². The van der Waals surface area contributed by atoms with E-state index < -0.39 is 0 Å². The Balaban J connectivity index is 1.75. The highest BCUT2D eigenvalue weighted by Crippen LogP contribution is 2.19. The lowest BCUT2D eigenvalue weighted by Gasteiger charge is -2.11. The Kier molecular flexibility index (Phi) is 5.24. The molecular formula is C16H15Cl2N6O2+. The Morgan fingerprint density at radius 2 is 2.12 bits per heavy atom. The summed E-state index contributed by atoms with van der Waals surface area (Å²) in [5, 5.41) is 17.5. The van der Waals surface area contributed by atoms with Crippen LogP contribution in [0.25, 0.3) is 5.69 Å². The van der Waals surface area contributed by atoms with Gasteiger partial charge in [0.15, 0.2) is 5.69 Å². The summed E-state index contributed by atoms with van der Waals surface area (Å²) in [7, 11) is 0. The zero-order valence-electron chi connectivity index (χ0n) is 13.4. The van der Waals surface area contributed by atoms with Gasteiger partial charge in [-0.25, -0.2) is 9.67 Å². The normalized spacial score (nSPS) is 10.7. The summed E-state index contributed by atoms with van der Waals surface area (Å²) in [4.78, 5) is 16.2. The standard InChI is InChI=1S/C16H14Cl2N6O2/c17-11-1-3-13(23-9-20-8-22-23)10(5-11)7-21-16(25)6-14-12(18)2-4-15(19)24(14)26/h1-5,8-9,19,26H,6-7H2,(H,21,25)/p+1. The predicted molar refractivity (Wildman–Crippen MR) is 95.2 cm³/mol. The summed E-state index contributed by atoms with van der Waals surface area (Å²) in [6.07, 6.45) is 2.83. The van der Waals surface area contributed by atoms with Crippen molar-refractivity contribution in [1.29, 1.82) is 0 Å². The monoisotopic (exact) mass is 393 g/mol. The van der Waals surface area contributed by atoms with Gasteiger partial charge >= 0.3 is 5.82 Å². The third-order valence-corrected chi connectivity index (χ3v) is 4.27. The first kappa shape index (κ1) is 18.0. The molecule has 1 amide bonds. The molecule has 0 spiro atoms. The van der Waals surface area contributed by atoms with Gasteiger partial charge in [-0.1, -0.05) is 23.2 Å². The van der Waals surface area contributed by atoms with Crippen LogP contribution in [0.4, 0.5) is 5.82 Å². The minimum atomic E-state index is -0.343. The first-order chi connectivity index (χ1) is 12.5. The highest BCUT2D eigenvalue weighted by atomic mass is 35.5. The Labute approximate surface area is 158 Å². The van der Waals surface area contributed by atoms with Crippen molar-refractivity contribution in [3.63, 3.8) is 0 Å². The van der Waals surface area contributed by atoms with E-state index in [4.69, 9.17) is 28.9 Å². The molecule has 0 aliphatic heterocycles. The van der Waals surface area contributed by atoms with E-state index in [1.807, 2.05) is 0 Å². The predicted octanol–water partition coefficient (Wildman–Crippen LogP) is 1.54. The van der Waals surface area contributed by atoms with Crippen molar-refractivity contribution in [2.75, 3.05) is 5.73 Å². The summed E-state index contributed by atoms with van der Waals surface area (Å²) in [5.41, 5.74) is 7.31. The highest BCUT2D eigenvalue weighted by molar-refractivity contribution is 6.31. The summed E-state index contributed by atoms with van der Waals surface area (Å²) in [5.74, 6) is -0.259. The van der Waals surface area contributed by atoms with Gasteiger partial charge in [0.1, 0.15) is 12.7 Å². The Hall–Kier alpha value is -2.84. The first-order valence-corrected chi connectivity index (χ1v) is 8.29.